The van der Waals surface area contributed by atoms with Crippen molar-refractivity contribution in [3.63, 3.8) is 0 Å². The van der Waals surface area contributed by atoms with E-state index < -0.39 is 10.0 Å². The van der Waals surface area contributed by atoms with Crippen LogP contribution in [0.2, 0.25) is 0 Å². The molecule has 2 aromatic rings. The summed E-state index contributed by atoms with van der Waals surface area (Å²) in [6, 6.07) is 9.47. The van der Waals surface area contributed by atoms with Crippen molar-refractivity contribution < 1.29 is 8.42 Å². The average molecular weight is 267 g/mol. The van der Waals surface area contributed by atoms with Gasteiger partial charge in [-0.15, -0.1) is 11.3 Å². The predicted molar refractivity (Wildman–Crippen MR) is 73.0 cm³/mol. The Morgan fingerprint density at radius 3 is 2.24 bits per heavy atom. The Balaban J connectivity index is 2.24. The van der Waals surface area contributed by atoms with Crippen molar-refractivity contribution >= 4 is 27.0 Å². The summed E-state index contributed by atoms with van der Waals surface area (Å²) in [4.78, 5) is 1.26. The van der Waals surface area contributed by atoms with E-state index in [-0.39, 0.29) is 0 Å². The fourth-order valence-corrected chi connectivity index (χ4v) is 2.82. The molecule has 90 valence electrons. The molecule has 0 atom stereocenters. The van der Waals surface area contributed by atoms with Crippen molar-refractivity contribution in [3.05, 3.63) is 40.6 Å². The van der Waals surface area contributed by atoms with E-state index in [0.717, 1.165) is 11.8 Å². The second-order valence-electron chi connectivity index (χ2n) is 3.90. The van der Waals surface area contributed by atoms with E-state index in [9.17, 15) is 8.42 Å². The molecule has 0 radical (unpaired) electrons. The maximum atomic E-state index is 11.0. The van der Waals surface area contributed by atoms with Gasteiger partial charge in [0.05, 0.1) is 6.26 Å². The van der Waals surface area contributed by atoms with Gasteiger partial charge in [-0.3, -0.25) is 4.72 Å². The van der Waals surface area contributed by atoms with Gasteiger partial charge in [0.25, 0.3) is 0 Å². The van der Waals surface area contributed by atoms with E-state index in [1.165, 1.54) is 10.4 Å². The van der Waals surface area contributed by atoms with Crippen molar-refractivity contribution in [2.45, 2.75) is 6.92 Å². The molecule has 0 saturated heterocycles. The Morgan fingerprint density at radius 2 is 1.76 bits per heavy atom. The van der Waals surface area contributed by atoms with Gasteiger partial charge < -0.3 is 0 Å². The predicted octanol–water partition coefficient (Wildman–Crippen LogP) is 3.10. The minimum Gasteiger partial charge on any atom is -0.284 e. The topological polar surface area (TPSA) is 46.2 Å². The van der Waals surface area contributed by atoms with E-state index in [1.807, 2.05) is 12.1 Å². The van der Waals surface area contributed by atoms with Gasteiger partial charge in [-0.25, -0.2) is 8.42 Å². The maximum absolute atomic E-state index is 11.0. The number of hydrogen-bond donors (Lipinski definition) is 1. The highest BCUT2D eigenvalue weighted by atomic mass is 32.2. The molecule has 3 nitrogen and oxygen atoms in total. The Kier molecular flexibility index (Phi) is 3.22. The Labute approximate surface area is 105 Å². The summed E-state index contributed by atoms with van der Waals surface area (Å²) in [5.41, 5.74) is 2.84. The summed E-state index contributed by atoms with van der Waals surface area (Å²) in [6.07, 6.45) is 1.14. The van der Waals surface area contributed by atoms with Gasteiger partial charge in [0.1, 0.15) is 0 Å². The van der Waals surface area contributed by atoms with Crippen LogP contribution in [-0.4, -0.2) is 14.7 Å². The highest BCUT2D eigenvalue weighted by Crippen LogP contribution is 2.26. The molecule has 1 aromatic heterocycles. The second kappa shape index (κ2) is 4.50. The molecule has 0 aliphatic heterocycles. The van der Waals surface area contributed by atoms with Crippen LogP contribution < -0.4 is 4.72 Å². The number of hydrogen-bond acceptors (Lipinski definition) is 3. The number of aryl methyl sites for hydroxylation is 1. The van der Waals surface area contributed by atoms with Crippen molar-refractivity contribution in [1.82, 2.24) is 0 Å². The van der Waals surface area contributed by atoms with Gasteiger partial charge in [0.2, 0.25) is 10.0 Å². The molecule has 0 saturated carbocycles. The van der Waals surface area contributed by atoms with E-state index in [2.05, 4.69) is 23.1 Å². The smallest absolute Gasteiger partial charge is 0.229 e. The van der Waals surface area contributed by atoms with Crippen LogP contribution in [0.5, 0.6) is 0 Å². The SMILES string of the molecule is Cc1cc(-c2ccc(NS(C)(=O)=O)cc2)cs1. The lowest BCUT2D eigenvalue weighted by molar-refractivity contribution is 0.607. The molecule has 0 fully saturated rings. The first-order valence-electron chi connectivity index (χ1n) is 5.07. The minimum atomic E-state index is -3.20. The zero-order valence-corrected chi connectivity index (χ0v) is 11.2. The summed E-state index contributed by atoms with van der Waals surface area (Å²) < 4.78 is 24.5. The molecule has 17 heavy (non-hydrogen) atoms. The number of nitrogens with one attached hydrogen (secondary N) is 1. The highest BCUT2D eigenvalue weighted by molar-refractivity contribution is 7.92. The zero-order chi connectivity index (χ0) is 12.5. The molecule has 5 heteroatoms. The van der Waals surface area contributed by atoms with Gasteiger partial charge in [0.15, 0.2) is 0 Å². The van der Waals surface area contributed by atoms with Crippen LogP contribution in [0.3, 0.4) is 0 Å². The van der Waals surface area contributed by atoms with Gasteiger partial charge in [-0.1, -0.05) is 12.1 Å². The third-order valence-electron chi connectivity index (χ3n) is 2.25. The third-order valence-corrected chi connectivity index (χ3v) is 3.72. The first-order valence-corrected chi connectivity index (χ1v) is 7.84. The van der Waals surface area contributed by atoms with Crippen LogP contribution in [-0.2, 0) is 10.0 Å². The van der Waals surface area contributed by atoms with Crippen molar-refractivity contribution in [2.75, 3.05) is 11.0 Å². The average Bonchev–Trinajstić information content (AvgIpc) is 2.63. The van der Waals surface area contributed by atoms with E-state index >= 15 is 0 Å². The first-order chi connectivity index (χ1) is 7.94. The summed E-state index contributed by atoms with van der Waals surface area (Å²) in [6.45, 7) is 2.06. The Hall–Kier alpha value is -1.33. The van der Waals surface area contributed by atoms with Crippen molar-refractivity contribution in [1.29, 1.82) is 0 Å². The standard InChI is InChI=1S/C12H13NO2S2/c1-9-7-11(8-16-9)10-3-5-12(6-4-10)13-17(2,14)15/h3-8,13H,1-2H3. The molecule has 0 spiro atoms. The van der Waals surface area contributed by atoms with E-state index in [0.29, 0.717) is 5.69 Å². The molecule has 0 unspecified atom stereocenters. The summed E-state index contributed by atoms with van der Waals surface area (Å²) in [7, 11) is -3.20. The Bertz CT molecular complexity index is 612. The molecule has 1 heterocycles. The first kappa shape index (κ1) is 12.1. The quantitative estimate of drug-likeness (QED) is 0.929. The van der Waals surface area contributed by atoms with Crippen LogP contribution in [0.1, 0.15) is 4.88 Å². The number of anilines is 1. The number of benzene rings is 1. The van der Waals surface area contributed by atoms with Crippen LogP contribution in [0.15, 0.2) is 35.7 Å². The van der Waals surface area contributed by atoms with E-state index in [1.54, 1.807) is 23.5 Å². The Morgan fingerprint density at radius 1 is 1.12 bits per heavy atom. The van der Waals surface area contributed by atoms with E-state index in [4.69, 9.17) is 0 Å². The van der Waals surface area contributed by atoms with Crippen LogP contribution >= 0.6 is 11.3 Å². The fourth-order valence-electron chi connectivity index (χ4n) is 1.54. The fraction of sp³-hybridized carbons (Fsp3) is 0.167. The monoisotopic (exact) mass is 267 g/mol. The summed E-state index contributed by atoms with van der Waals surface area (Å²) in [5.74, 6) is 0. The van der Waals surface area contributed by atoms with Crippen LogP contribution in [0.4, 0.5) is 5.69 Å². The molecule has 1 N–H and O–H groups in total. The number of sulfonamides is 1. The highest BCUT2D eigenvalue weighted by Gasteiger charge is 2.03. The minimum absolute atomic E-state index is 0.586. The molecular weight excluding hydrogens is 254 g/mol. The zero-order valence-electron chi connectivity index (χ0n) is 9.60. The molecule has 0 amide bonds. The largest absolute Gasteiger partial charge is 0.284 e. The third kappa shape index (κ3) is 3.31. The normalized spacial score (nSPS) is 11.4. The molecule has 1 aromatic carbocycles. The second-order valence-corrected chi connectivity index (χ2v) is 6.76. The lowest BCUT2D eigenvalue weighted by Gasteiger charge is -2.04. The maximum Gasteiger partial charge on any atom is 0.229 e. The summed E-state index contributed by atoms with van der Waals surface area (Å²) in [5, 5.41) is 2.09. The summed E-state index contributed by atoms with van der Waals surface area (Å²) >= 11 is 1.70. The van der Waals surface area contributed by atoms with Gasteiger partial charge in [0, 0.05) is 10.6 Å². The van der Waals surface area contributed by atoms with Crippen molar-refractivity contribution in [2.24, 2.45) is 0 Å². The van der Waals surface area contributed by atoms with Crippen LogP contribution in [0.25, 0.3) is 11.1 Å². The lowest BCUT2D eigenvalue weighted by atomic mass is 10.1. The number of thiophene rings is 1. The van der Waals surface area contributed by atoms with Gasteiger partial charge in [-0.2, -0.15) is 0 Å². The molecule has 0 aliphatic carbocycles. The lowest BCUT2D eigenvalue weighted by Crippen LogP contribution is -2.09. The van der Waals surface area contributed by atoms with Gasteiger partial charge >= 0.3 is 0 Å². The molecule has 0 bridgehead atoms. The van der Waals surface area contributed by atoms with Gasteiger partial charge in [-0.05, 0) is 41.6 Å². The van der Waals surface area contributed by atoms with Crippen LogP contribution in [0, 0.1) is 6.92 Å². The molecule has 0 aliphatic rings. The molecular formula is C12H13NO2S2. The molecule has 2 rings (SSSR count). The van der Waals surface area contributed by atoms with Crippen molar-refractivity contribution in [3.8, 4) is 11.1 Å². The number of rotatable bonds is 3.